The van der Waals surface area contributed by atoms with E-state index in [1.54, 1.807) is 10.9 Å². The Hall–Kier alpha value is -1.36. The molecule has 2 heterocycles. The lowest BCUT2D eigenvalue weighted by molar-refractivity contribution is 0.0926. The van der Waals surface area contributed by atoms with Gasteiger partial charge in [-0.1, -0.05) is 6.92 Å². The van der Waals surface area contributed by atoms with Crippen LogP contribution in [0.15, 0.2) is 6.20 Å². The Morgan fingerprint density at radius 2 is 2.39 bits per heavy atom. The summed E-state index contributed by atoms with van der Waals surface area (Å²) < 4.78 is 1.70. The summed E-state index contributed by atoms with van der Waals surface area (Å²) in [6, 6.07) is 0.793. The van der Waals surface area contributed by atoms with Crippen molar-refractivity contribution in [2.75, 3.05) is 6.54 Å². The van der Waals surface area contributed by atoms with E-state index >= 15 is 0 Å². The second-order valence-corrected chi connectivity index (χ2v) is 5.07. The van der Waals surface area contributed by atoms with E-state index in [0.717, 1.165) is 31.5 Å². The maximum atomic E-state index is 12.2. The number of hydrogen-bond acceptors (Lipinski definition) is 3. The summed E-state index contributed by atoms with van der Waals surface area (Å²) in [4.78, 5) is 12.2. The number of aromatic nitrogens is 2. The Kier molecular flexibility index (Phi) is 4.01. The van der Waals surface area contributed by atoms with Crippen LogP contribution in [0, 0.1) is 0 Å². The molecule has 1 aliphatic rings. The highest BCUT2D eigenvalue weighted by Gasteiger charge is 2.21. The van der Waals surface area contributed by atoms with Gasteiger partial charge in [0.1, 0.15) is 0 Å². The molecule has 2 rings (SSSR count). The molecule has 18 heavy (non-hydrogen) atoms. The van der Waals surface area contributed by atoms with Crippen LogP contribution in [0.4, 0.5) is 0 Å². The zero-order valence-corrected chi connectivity index (χ0v) is 11.4. The van der Waals surface area contributed by atoms with Gasteiger partial charge >= 0.3 is 0 Å². The lowest BCUT2D eigenvalue weighted by atomic mass is 10.0. The third-order valence-electron chi connectivity index (χ3n) is 3.48. The summed E-state index contributed by atoms with van der Waals surface area (Å²) in [5, 5.41) is 10.8. The molecule has 1 amide bonds. The van der Waals surface area contributed by atoms with Gasteiger partial charge in [-0.05, 0) is 26.2 Å². The average molecular weight is 250 g/mol. The maximum Gasteiger partial charge on any atom is 0.255 e. The molecule has 0 bridgehead atoms. The summed E-state index contributed by atoms with van der Waals surface area (Å²) in [5.74, 6) is 0.00121. The van der Waals surface area contributed by atoms with Gasteiger partial charge in [0.15, 0.2) is 0 Å². The number of rotatable bonds is 3. The Morgan fingerprint density at radius 3 is 3.00 bits per heavy atom. The van der Waals surface area contributed by atoms with Gasteiger partial charge in [-0.15, -0.1) is 0 Å². The molecular formula is C13H22N4O. The fraction of sp³-hybridized carbons (Fsp3) is 0.692. The first-order valence-corrected chi connectivity index (χ1v) is 6.67. The average Bonchev–Trinajstić information content (AvgIpc) is 2.73. The monoisotopic (exact) mass is 250 g/mol. The van der Waals surface area contributed by atoms with Gasteiger partial charge in [-0.2, -0.15) is 5.10 Å². The number of nitrogens with one attached hydrogen (secondary N) is 2. The Bertz CT molecular complexity index is 419. The topological polar surface area (TPSA) is 59.0 Å². The van der Waals surface area contributed by atoms with Crippen molar-refractivity contribution in [3.8, 4) is 0 Å². The third-order valence-corrected chi connectivity index (χ3v) is 3.48. The van der Waals surface area contributed by atoms with Crippen LogP contribution >= 0.6 is 0 Å². The molecule has 0 spiro atoms. The number of piperidine rings is 1. The Balaban J connectivity index is 1.99. The minimum atomic E-state index is 0.00121. The predicted octanol–water partition coefficient (Wildman–Crippen LogP) is 0.853. The van der Waals surface area contributed by atoms with Crippen LogP contribution in [0.3, 0.4) is 0 Å². The van der Waals surface area contributed by atoms with Gasteiger partial charge in [-0.3, -0.25) is 9.48 Å². The van der Waals surface area contributed by atoms with Crippen molar-refractivity contribution in [2.45, 2.75) is 45.2 Å². The summed E-state index contributed by atoms with van der Waals surface area (Å²) in [5.41, 5.74) is 1.57. The number of carbonyl (C=O) groups is 1. The molecule has 1 aromatic rings. The smallest absolute Gasteiger partial charge is 0.255 e. The van der Waals surface area contributed by atoms with Gasteiger partial charge in [-0.25, -0.2) is 0 Å². The quantitative estimate of drug-likeness (QED) is 0.836. The second kappa shape index (κ2) is 5.52. The zero-order chi connectivity index (χ0) is 13.1. The molecule has 5 heteroatoms. The van der Waals surface area contributed by atoms with Gasteiger partial charge < -0.3 is 10.6 Å². The fourth-order valence-electron chi connectivity index (χ4n) is 2.37. The van der Waals surface area contributed by atoms with Crippen molar-refractivity contribution < 1.29 is 4.79 Å². The highest BCUT2D eigenvalue weighted by atomic mass is 16.1. The first-order chi connectivity index (χ1) is 8.60. The molecule has 0 radical (unpaired) electrons. The lowest BCUT2D eigenvalue weighted by Gasteiger charge is -2.28. The number of aryl methyl sites for hydroxylation is 2. The molecule has 5 nitrogen and oxygen atoms in total. The molecule has 2 N–H and O–H groups in total. The van der Waals surface area contributed by atoms with E-state index in [2.05, 4.69) is 22.7 Å². The largest absolute Gasteiger partial charge is 0.348 e. The number of carbonyl (C=O) groups excluding carboxylic acids is 1. The van der Waals surface area contributed by atoms with Crippen LogP contribution < -0.4 is 10.6 Å². The summed E-state index contributed by atoms with van der Waals surface area (Å²) in [6.45, 7) is 5.05. The van der Waals surface area contributed by atoms with Crippen LogP contribution in [-0.4, -0.2) is 34.3 Å². The number of nitrogens with zero attached hydrogens (tertiary/aromatic N) is 2. The summed E-state index contributed by atoms with van der Waals surface area (Å²) in [7, 11) is 1.85. The first-order valence-electron chi connectivity index (χ1n) is 6.67. The first kappa shape index (κ1) is 13.1. The van der Waals surface area contributed by atoms with Crippen LogP contribution in [0.25, 0.3) is 0 Å². The summed E-state index contributed by atoms with van der Waals surface area (Å²) >= 11 is 0. The van der Waals surface area contributed by atoms with Crippen LogP contribution in [-0.2, 0) is 13.5 Å². The van der Waals surface area contributed by atoms with Crippen LogP contribution in [0.1, 0.15) is 42.7 Å². The molecule has 1 fully saturated rings. The molecule has 1 aromatic heterocycles. The van der Waals surface area contributed by atoms with Crippen molar-refractivity contribution in [1.29, 1.82) is 0 Å². The lowest BCUT2D eigenvalue weighted by Crippen LogP contribution is -2.48. The second-order valence-electron chi connectivity index (χ2n) is 5.07. The van der Waals surface area contributed by atoms with E-state index < -0.39 is 0 Å². The van der Waals surface area contributed by atoms with E-state index in [1.807, 2.05) is 14.0 Å². The molecule has 0 aliphatic carbocycles. The number of hydrogen-bond donors (Lipinski definition) is 2. The molecule has 1 aliphatic heterocycles. The normalized spacial score (nSPS) is 23.9. The highest BCUT2D eigenvalue weighted by Crippen LogP contribution is 2.11. The maximum absolute atomic E-state index is 12.2. The molecular weight excluding hydrogens is 228 g/mol. The molecule has 2 atom stereocenters. The Morgan fingerprint density at radius 1 is 1.61 bits per heavy atom. The van der Waals surface area contributed by atoms with Crippen molar-refractivity contribution in [1.82, 2.24) is 20.4 Å². The molecule has 1 saturated heterocycles. The SMILES string of the molecule is CCc1nn(C)cc1C(=O)NC1CCC(C)NC1. The van der Waals surface area contributed by atoms with Gasteiger partial charge in [0.2, 0.25) is 0 Å². The van der Waals surface area contributed by atoms with Crippen molar-refractivity contribution in [2.24, 2.45) is 7.05 Å². The minimum Gasteiger partial charge on any atom is -0.348 e. The van der Waals surface area contributed by atoms with Crippen molar-refractivity contribution >= 4 is 5.91 Å². The minimum absolute atomic E-state index is 0.00121. The van der Waals surface area contributed by atoms with E-state index in [9.17, 15) is 4.79 Å². The summed E-state index contributed by atoms with van der Waals surface area (Å²) in [6.07, 6.45) is 4.73. The standard InChI is InChI=1S/C13H22N4O/c1-4-12-11(8-17(3)16-12)13(18)15-10-6-5-9(2)14-7-10/h8-10,14H,4-7H2,1-3H3,(H,15,18). The van der Waals surface area contributed by atoms with E-state index in [-0.39, 0.29) is 11.9 Å². The highest BCUT2D eigenvalue weighted by molar-refractivity contribution is 5.95. The van der Waals surface area contributed by atoms with Crippen LogP contribution in [0.5, 0.6) is 0 Å². The molecule has 0 saturated carbocycles. The van der Waals surface area contributed by atoms with Crippen molar-refractivity contribution in [3.63, 3.8) is 0 Å². The molecule has 100 valence electrons. The van der Waals surface area contributed by atoms with E-state index in [1.165, 1.54) is 0 Å². The van der Waals surface area contributed by atoms with E-state index in [4.69, 9.17) is 0 Å². The Labute approximate surface area is 108 Å². The van der Waals surface area contributed by atoms with Crippen LogP contribution in [0.2, 0.25) is 0 Å². The van der Waals surface area contributed by atoms with Gasteiger partial charge in [0.25, 0.3) is 5.91 Å². The predicted molar refractivity (Wildman–Crippen MR) is 70.5 cm³/mol. The van der Waals surface area contributed by atoms with Gasteiger partial charge in [0.05, 0.1) is 11.3 Å². The van der Waals surface area contributed by atoms with E-state index in [0.29, 0.717) is 11.6 Å². The van der Waals surface area contributed by atoms with Gasteiger partial charge in [0, 0.05) is 31.9 Å². The third kappa shape index (κ3) is 2.90. The number of amides is 1. The molecule has 2 unspecified atom stereocenters. The zero-order valence-electron chi connectivity index (χ0n) is 11.4. The molecule has 0 aromatic carbocycles. The van der Waals surface area contributed by atoms with Crippen molar-refractivity contribution in [3.05, 3.63) is 17.5 Å². The fourth-order valence-corrected chi connectivity index (χ4v) is 2.37.